The number of ether oxygens (including phenoxy) is 1. The van der Waals surface area contributed by atoms with Crippen LogP contribution < -0.4 is 10.5 Å². The summed E-state index contributed by atoms with van der Waals surface area (Å²) in [6, 6.07) is 14.9. The van der Waals surface area contributed by atoms with E-state index in [1.165, 1.54) is 0 Å². The third-order valence-corrected chi connectivity index (χ3v) is 2.24. The molecular weight excluding hydrogens is 214 g/mol. The van der Waals surface area contributed by atoms with Crippen LogP contribution in [0.1, 0.15) is 11.3 Å². The van der Waals surface area contributed by atoms with E-state index in [9.17, 15) is 0 Å². The monoisotopic (exact) mass is 225 g/mol. The van der Waals surface area contributed by atoms with Gasteiger partial charge < -0.3 is 10.5 Å². The topological polar surface area (TPSA) is 71.9 Å². The fraction of sp³-hybridized carbons (Fsp3) is 0.0769. The summed E-state index contributed by atoms with van der Waals surface area (Å²) in [7, 11) is 0. The van der Waals surface area contributed by atoms with Gasteiger partial charge in [0.2, 0.25) is 5.88 Å². The maximum absolute atomic E-state index is 8.78. The molecule has 1 aromatic heterocycles. The van der Waals surface area contributed by atoms with Crippen molar-refractivity contribution >= 4 is 5.69 Å². The fourth-order valence-electron chi connectivity index (χ4n) is 1.35. The van der Waals surface area contributed by atoms with Crippen molar-refractivity contribution in [3.63, 3.8) is 0 Å². The Balaban J connectivity index is 2.08. The number of hydrogen-bond acceptors (Lipinski definition) is 4. The highest BCUT2D eigenvalue weighted by molar-refractivity contribution is 5.50. The minimum atomic E-state index is 0.190. The van der Waals surface area contributed by atoms with Gasteiger partial charge in [-0.15, -0.1) is 0 Å². The molecule has 0 bridgehead atoms. The van der Waals surface area contributed by atoms with Gasteiger partial charge in [-0.05, 0) is 11.6 Å². The highest BCUT2D eigenvalue weighted by atomic mass is 16.5. The SMILES string of the molecule is N#Cc1nc(OCc2ccccc2)ccc1N. The van der Waals surface area contributed by atoms with Gasteiger partial charge in [-0.2, -0.15) is 5.26 Å². The van der Waals surface area contributed by atoms with Crippen LogP contribution in [-0.2, 0) is 6.61 Å². The lowest BCUT2D eigenvalue weighted by molar-refractivity contribution is 0.294. The molecule has 17 heavy (non-hydrogen) atoms. The molecule has 0 saturated heterocycles. The molecule has 0 fully saturated rings. The summed E-state index contributed by atoms with van der Waals surface area (Å²) in [4.78, 5) is 4.00. The van der Waals surface area contributed by atoms with Crippen LogP contribution in [0, 0.1) is 11.3 Å². The van der Waals surface area contributed by atoms with Crippen molar-refractivity contribution in [1.82, 2.24) is 4.98 Å². The molecule has 2 aromatic rings. The van der Waals surface area contributed by atoms with Crippen molar-refractivity contribution in [2.45, 2.75) is 6.61 Å². The first kappa shape index (κ1) is 11.0. The Kier molecular flexibility index (Phi) is 3.22. The summed E-state index contributed by atoms with van der Waals surface area (Å²) in [5.74, 6) is 0.402. The Bertz CT molecular complexity index is 546. The number of nitriles is 1. The highest BCUT2D eigenvalue weighted by Gasteiger charge is 2.03. The van der Waals surface area contributed by atoms with E-state index in [1.54, 1.807) is 12.1 Å². The molecule has 0 unspecified atom stereocenters. The Labute approximate surface area is 99.3 Å². The number of nitrogen functional groups attached to an aromatic ring is 1. The number of nitrogens with two attached hydrogens (primary N) is 1. The number of hydrogen-bond donors (Lipinski definition) is 1. The van der Waals surface area contributed by atoms with E-state index in [4.69, 9.17) is 15.7 Å². The van der Waals surface area contributed by atoms with E-state index in [-0.39, 0.29) is 5.69 Å². The number of aromatic nitrogens is 1. The van der Waals surface area contributed by atoms with Crippen molar-refractivity contribution in [3.05, 3.63) is 53.7 Å². The second kappa shape index (κ2) is 4.99. The predicted molar refractivity (Wildman–Crippen MR) is 64.1 cm³/mol. The van der Waals surface area contributed by atoms with Crippen molar-refractivity contribution in [3.8, 4) is 11.9 Å². The van der Waals surface area contributed by atoms with Crippen LogP contribution >= 0.6 is 0 Å². The van der Waals surface area contributed by atoms with E-state index in [2.05, 4.69) is 4.98 Å². The standard InChI is InChI=1S/C13H11N3O/c14-8-12-11(15)6-7-13(16-12)17-9-10-4-2-1-3-5-10/h1-7H,9,15H2. The van der Waals surface area contributed by atoms with Gasteiger partial charge in [0.1, 0.15) is 12.7 Å². The van der Waals surface area contributed by atoms with E-state index >= 15 is 0 Å². The maximum Gasteiger partial charge on any atom is 0.214 e. The third-order valence-electron chi connectivity index (χ3n) is 2.24. The number of pyridine rings is 1. The smallest absolute Gasteiger partial charge is 0.214 e. The van der Waals surface area contributed by atoms with Crippen LogP contribution in [0.3, 0.4) is 0 Å². The summed E-state index contributed by atoms with van der Waals surface area (Å²) < 4.78 is 5.47. The molecule has 4 nitrogen and oxygen atoms in total. The Morgan fingerprint density at radius 3 is 2.65 bits per heavy atom. The predicted octanol–water partition coefficient (Wildman–Crippen LogP) is 2.11. The minimum absolute atomic E-state index is 0.190. The van der Waals surface area contributed by atoms with Gasteiger partial charge in [0.05, 0.1) is 5.69 Å². The molecule has 2 N–H and O–H groups in total. The number of nitrogens with zero attached hydrogens (tertiary/aromatic N) is 2. The summed E-state index contributed by atoms with van der Waals surface area (Å²) in [6.45, 7) is 0.419. The summed E-state index contributed by atoms with van der Waals surface area (Å²) >= 11 is 0. The lowest BCUT2D eigenvalue weighted by Gasteiger charge is -2.06. The average molecular weight is 225 g/mol. The number of anilines is 1. The van der Waals surface area contributed by atoms with Crippen LogP contribution in [0.2, 0.25) is 0 Å². The molecule has 0 spiro atoms. The van der Waals surface area contributed by atoms with Crippen LogP contribution in [0.15, 0.2) is 42.5 Å². The maximum atomic E-state index is 8.78. The average Bonchev–Trinajstić information content (AvgIpc) is 2.39. The number of benzene rings is 1. The van der Waals surface area contributed by atoms with Crippen molar-refractivity contribution in [1.29, 1.82) is 5.26 Å². The Morgan fingerprint density at radius 2 is 1.94 bits per heavy atom. The van der Waals surface area contributed by atoms with Crippen LogP contribution in [0.25, 0.3) is 0 Å². The van der Waals surface area contributed by atoms with E-state index in [0.717, 1.165) is 5.56 Å². The molecule has 0 aliphatic heterocycles. The molecule has 84 valence electrons. The van der Waals surface area contributed by atoms with Crippen LogP contribution in [0.5, 0.6) is 5.88 Å². The van der Waals surface area contributed by atoms with Crippen molar-refractivity contribution in [2.75, 3.05) is 5.73 Å². The van der Waals surface area contributed by atoms with Gasteiger partial charge in [0.25, 0.3) is 0 Å². The zero-order valence-electron chi connectivity index (χ0n) is 9.13. The zero-order chi connectivity index (χ0) is 12.1. The quantitative estimate of drug-likeness (QED) is 0.868. The molecule has 2 rings (SSSR count). The molecule has 0 atom stereocenters. The minimum Gasteiger partial charge on any atom is -0.473 e. The number of rotatable bonds is 3. The van der Waals surface area contributed by atoms with Gasteiger partial charge in [0, 0.05) is 6.07 Å². The highest BCUT2D eigenvalue weighted by Crippen LogP contribution is 2.15. The molecule has 1 heterocycles. The lowest BCUT2D eigenvalue weighted by Crippen LogP contribution is -2.00. The first-order valence-corrected chi connectivity index (χ1v) is 5.13. The molecule has 1 aromatic carbocycles. The largest absolute Gasteiger partial charge is 0.473 e. The first-order valence-electron chi connectivity index (χ1n) is 5.13. The Morgan fingerprint density at radius 1 is 1.18 bits per heavy atom. The first-order chi connectivity index (χ1) is 8.29. The third kappa shape index (κ3) is 2.73. The van der Waals surface area contributed by atoms with Gasteiger partial charge >= 0.3 is 0 Å². The summed E-state index contributed by atoms with van der Waals surface area (Å²) in [6.07, 6.45) is 0. The molecule has 0 amide bonds. The molecule has 0 radical (unpaired) electrons. The van der Waals surface area contributed by atoms with Gasteiger partial charge in [-0.3, -0.25) is 0 Å². The van der Waals surface area contributed by atoms with Gasteiger partial charge in [0.15, 0.2) is 5.69 Å². The van der Waals surface area contributed by atoms with Crippen molar-refractivity contribution in [2.24, 2.45) is 0 Å². The molecule has 4 heteroatoms. The Hall–Kier alpha value is -2.54. The van der Waals surface area contributed by atoms with Crippen molar-refractivity contribution < 1.29 is 4.74 Å². The lowest BCUT2D eigenvalue weighted by atomic mass is 10.2. The normalized spacial score (nSPS) is 9.59. The molecular formula is C13H11N3O. The second-order valence-corrected chi connectivity index (χ2v) is 3.47. The van der Waals surface area contributed by atoms with Gasteiger partial charge in [-0.25, -0.2) is 4.98 Å². The van der Waals surface area contributed by atoms with E-state index in [0.29, 0.717) is 18.2 Å². The van der Waals surface area contributed by atoms with Crippen LogP contribution in [-0.4, -0.2) is 4.98 Å². The fourth-order valence-corrected chi connectivity index (χ4v) is 1.35. The summed E-state index contributed by atoms with van der Waals surface area (Å²) in [5, 5.41) is 8.78. The molecule has 0 saturated carbocycles. The van der Waals surface area contributed by atoms with Gasteiger partial charge in [-0.1, -0.05) is 30.3 Å². The summed E-state index contributed by atoms with van der Waals surface area (Å²) in [5.41, 5.74) is 7.16. The van der Waals surface area contributed by atoms with E-state index < -0.39 is 0 Å². The van der Waals surface area contributed by atoms with E-state index in [1.807, 2.05) is 36.4 Å². The second-order valence-electron chi connectivity index (χ2n) is 3.47. The van der Waals surface area contributed by atoms with Crippen LogP contribution in [0.4, 0.5) is 5.69 Å². The molecule has 0 aliphatic rings. The zero-order valence-corrected chi connectivity index (χ0v) is 9.13. The molecule has 0 aliphatic carbocycles.